The standard InChI is InChI=1S/C7H6F5NO2/c1-3-2-15-5(13-4(3)14)6(8,9)7(10,11)12/h5H,1-2H2,(H,13,14). The molecule has 1 amide bonds. The van der Waals surface area contributed by atoms with E-state index in [1.54, 1.807) is 0 Å². The van der Waals surface area contributed by atoms with Crippen LogP contribution in [0, 0.1) is 0 Å². The highest BCUT2D eigenvalue weighted by atomic mass is 19.4. The van der Waals surface area contributed by atoms with Crippen molar-refractivity contribution in [2.45, 2.75) is 18.3 Å². The average Bonchev–Trinajstić information content (AvgIpc) is 2.07. The van der Waals surface area contributed by atoms with Crippen molar-refractivity contribution in [3.8, 4) is 0 Å². The fraction of sp³-hybridized carbons (Fsp3) is 0.571. The highest BCUT2D eigenvalue weighted by molar-refractivity contribution is 5.93. The fourth-order valence-corrected chi connectivity index (χ4v) is 0.856. The van der Waals surface area contributed by atoms with E-state index in [1.165, 1.54) is 5.32 Å². The largest absolute Gasteiger partial charge is 0.458 e. The molecule has 1 aliphatic rings. The van der Waals surface area contributed by atoms with Gasteiger partial charge in [0.15, 0.2) is 0 Å². The first-order chi connectivity index (χ1) is 6.66. The third kappa shape index (κ3) is 2.09. The van der Waals surface area contributed by atoms with Crippen molar-refractivity contribution in [1.82, 2.24) is 5.32 Å². The van der Waals surface area contributed by atoms with Gasteiger partial charge >= 0.3 is 12.1 Å². The Morgan fingerprint density at radius 1 is 1.33 bits per heavy atom. The molecule has 1 heterocycles. The van der Waals surface area contributed by atoms with E-state index < -0.39 is 30.8 Å². The van der Waals surface area contributed by atoms with Crippen molar-refractivity contribution in [3.05, 3.63) is 12.2 Å². The molecule has 0 aromatic rings. The van der Waals surface area contributed by atoms with Crippen LogP contribution in [0.1, 0.15) is 0 Å². The Bertz CT molecular complexity index is 298. The number of alkyl halides is 5. The van der Waals surface area contributed by atoms with Gasteiger partial charge in [-0.05, 0) is 0 Å². The molecule has 8 heteroatoms. The van der Waals surface area contributed by atoms with Crippen LogP contribution in [0.25, 0.3) is 0 Å². The summed E-state index contributed by atoms with van der Waals surface area (Å²) < 4.78 is 64.9. The normalized spacial score (nSPS) is 23.9. The van der Waals surface area contributed by atoms with Crippen LogP contribution in [0.4, 0.5) is 22.0 Å². The van der Waals surface area contributed by atoms with Gasteiger partial charge in [-0.15, -0.1) is 0 Å². The molecule has 0 spiro atoms. The van der Waals surface area contributed by atoms with Crippen LogP contribution in [0.3, 0.4) is 0 Å². The fourth-order valence-electron chi connectivity index (χ4n) is 0.856. The van der Waals surface area contributed by atoms with Crippen LogP contribution in [0.15, 0.2) is 12.2 Å². The predicted molar refractivity (Wildman–Crippen MR) is 38.0 cm³/mol. The summed E-state index contributed by atoms with van der Waals surface area (Å²) in [5.41, 5.74) is -0.204. The molecule has 0 saturated carbocycles. The molecule has 1 fully saturated rings. The van der Waals surface area contributed by atoms with Crippen LogP contribution in [0.5, 0.6) is 0 Å². The van der Waals surface area contributed by atoms with Crippen LogP contribution in [0.2, 0.25) is 0 Å². The highest BCUT2D eigenvalue weighted by Gasteiger charge is 2.64. The smallest absolute Gasteiger partial charge is 0.347 e. The van der Waals surface area contributed by atoms with E-state index in [0.717, 1.165) is 0 Å². The molecule has 1 rings (SSSR count). The van der Waals surface area contributed by atoms with Crippen LogP contribution in [-0.4, -0.2) is 30.8 Å². The Morgan fingerprint density at radius 3 is 2.27 bits per heavy atom. The number of hydrogen-bond donors (Lipinski definition) is 1. The summed E-state index contributed by atoms with van der Waals surface area (Å²) >= 11 is 0. The number of rotatable bonds is 1. The van der Waals surface area contributed by atoms with Crippen molar-refractivity contribution < 1.29 is 31.5 Å². The summed E-state index contributed by atoms with van der Waals surface area (Å²) in [6.07, 6.45) is -8.47. The number of ether oxygens (including phenoxy) is 1. The van der Waals surface area contributed by atoms with Crippen molar-refractivity contribution in [3.63, 3.8) is 0 Å². The molecule has 0 aliphatic carbocycles. The molecule has 0 aromatic carbocycles. The maximum Gasteiger partial charge on any atom is 0.458 e. The molecule has 3 nitrogen and oxygen atoms in total. The number of hydrogen-bond acceptors (Lipinski definition) is 2. The Morgan fingerprint density at radius 2 is 1.87 bits per heavy atom. The lowest BCUT2D eigenvalue weighted by molar-refractivity contribution is -0.322. The van der Waals surface area contributed by atoms with Crippen molar-refractivity contribution in [2.24, 2.45) is 0 Å². The molecule has 1 atom stereocenters. The van der Waals surface area contributed by atoms with Gasteiger partial charge in [-0.1, -0.05) is 6.58 Å². The molecule has 1 N–H and O–H groups in total. The summed E-state index contributed by atoms with van der Waals surface area (Å²) in [6.45, 7) is 2.46. The zero-order valence-corrected chi connectivity index (χ0v) is 7.20. The van der Waals surface area contributed by atoms with Crippen molar-refractivity contribution in [2.75, 3.05) is 6.61 Å². The average molecular weight is 231 g/mol. The molecule has 0 aromatic heterocycles. The third-order valence-corrected chi connectivity index (χ3v) is 1.71. The number of carbonyl (C=O) groups excluding carboxylic acids is 1. The molecular weight excluding hydrogens is 225 g/mol. The molecule has 1 saturated heterocycles. The first-order valence-electron chi connectivity index (χ1n) is 3.71. The van der Waals surface area contributed by atoms with E-state index in [0.29, 0.717) is 0 Å². The number of amides is 1. The number of halogens is 5. The summed E-state index contributed by atoms with van der Waals surface area (Å²) in [5, 5.41) is 1.38. The maximum absolute atomic E-state index is 12.6. The van der Waals surface area contributed by atoms with E-state index in [9.17, 15) is 26.7 Å². The van der Waals surface area contributed by atoms with Gasteiger partial charge in [0.2, 0.25) is 6.23 Å². The van der Waals surface area contributed by atoms with Gasteiger partial charge in [-0.3, -0.25) is 4.79 Å². The third-order valence-electron chi connectivity index (χ3n) is 1.71. The predicted octanol–water partition coefficient (Wildman–Crippen LogP) is 1.21. The van der Waals surface area contributed by atoms with Crippen LogP contribution in [-0.2, 0) is 9.53 Å². The first kappa shape index (κ1) is 11.9. The zero-order chi connectivity index (χ0) is 11.9. The van der Waals surface area contributed by atoms with E-state index >= 15 is 0 Å². The Kier molecular flexibility index (Phi) is 2.73. The van der Waals surface area contributed by atoms with E-state index in [2.05, 4.69) is 11.3 Å². The minimum Gasteiger partial charge on any atom is -0.347 e. The summed E-state index contributed by atoms with van der Waals surface area (Å²) in [5.74, 6) is -6.20. The Hall–Kier alpha value is -1.18. The molecule has 0 radical (unpaired) electrons. The second-order valence-corrected chi connectivity index (χ2v) is 2.89. The molecule has 15 heavy (non-hydrogen) atoms. The van der Waals surface area contributed by atoms with Gasteiger partial charge in [0.25, 0.3) is 5.91 Å². The van der Waals surface area contributed by atoms with Crippen molar-refractivity contribution >= 4 is 5.91 Å². The monoisotopic (exact) mass is 231 g/mol. The summed E-state index contributed by atoms with van der Waals surface area (Å²) in [6, 6.07) is 0. The van der Waals surface area contributed by atoms with E-state index in [-0.39, 0.29) is 5.57 Å². The van der Waals surface area contributed by atoms with E-state index in [4.69, 9.17) is 0 Å². The van der Waals surface area contributed by atoms with Crippen molar-refractivity contribution in [1.29, 1.82) is 0 Å². The maximum atomic E-state index is 12.6. The van der Waals surface area contributed by atoms with Gasteiger partial charge in [0.1, 0.15) is 0 Å². The topological polar surface area (TPSA) is 38.3 Å². The molecular formula is C7H6F5NO2. The molecule has 86 valence electrons. The summed E-state index contributed by atoms with van der Waals surface area (Å²) in [4.78, 5) is 10.8. The number of carbonyl (C=O) groups is 1. The van der Waals surface area contributed by atoms with Gasteiger partial charge < -0.3 is 10.1 Å². The lowest BCUT2D eigenvalue weighted by Gasteiger charge is -2.32. The van der Waals surface area contributed by atoms with Gasteiger partial charge in [0, 0.05) is 5.57 Å². The highest BCUT2D eigenvalue weighted by Crippen LogP contribution is 2.39. The van der Waals surface area contributed by atoms with E-state index in [1.807, 2.05) is 0 Å². The zero-order valence-electron chi connectivity index (χ0n) is 7.20. The minimum atomic E-state index is -5.77. The lowest BCUT2D eigenvalue weighted by Crippen LogP contribution is -2.59. The SMILES string of the molecule is C=C1COC(C(F)(F)C(F)(F)F)NC1=O. The first-order valence-corrected chi connectivity index (χ1v) is 3.71. The lowest BCUT2D eigenvalue weighted by atomic mass is 10.2. The summed E-state index contributed by atoms with van der Waals surface area (Å²) in [7, 11) is 0. The second kappa shape index (κ2) is 3.44. The Balaban J connectivity index is 2.82. The van der Waals surface area contributed by atoms with Crippen LogP contribution >= 0.6 is 0 Å². The Labute approximate surface area is 80.9 Å². The molecule has 0 bridgehead atoms. The molecule has 1 unspecified atom stereocenters. The molecule has 1 aliphatic heterocycles. The van der Waals surface area contributed by atoms with Gasteiger partial charge in [0.05, 0.1) is 6.61 Å². The van der Waals surface area contributed by atoms with Gasteiger partial charge in [-0.25, -0.2) is 0 Å². The number of nitrogens with one attached hydrogen (secondary N) is 1. The van der Waals surface area contributed by atoms with Gasteiger partial charge in [-0.2, -0.15) is 22.0 Å². The minimum absolute atomic E-state index is 0.204. The second-order valence-electron chi connectivity index (χ2n) is 2.89. The van der Waals surface area contributed by atoms with Crippen LogP contribution < -0.4 is 5.32 Å². The quantitative estimate of drug-likeness (QED) is 0.544.